The molecule has 0 radical (unpaired) electrons. The molecule has 0 fully saturated rings. The number of ketones is 1. The second-order valence-corrected chi connectivity index (χ2v) is 4.79. The van der Waals surface area contributed by atoms with E-state index >= 15 is 0 Å². The van der Waals surface area contributed by atoms with E-state index in [0.29, 0.717) is 22.4 Å². The molecule has 0 aliphatic rings. The van der Waals surface area contributed by atoms with Gasteiger partial charge in [0.2, 0.25) is 0 Å². The Balaban J connectivity index is 2.44. The van der Waals surface area contributed by atoms with Gasteiger partial charge < -0.3 is 4.74 Å². The van der Waals surface area contributed by atoms with E-state index in [-0.39, 0.29) is 11.1 Å². The van der Waals surface area contributed by atoms with Gasteiger partial charge in [-0.1, -0.05) is 0 Å². The molecule has 6 heteroatoms. The molecule has 0 unspecified atom stereocenters. The second kappa shape index (κ2) is 5.66. The van der Waals surface area contributed by atoms with Crippen LogP contribution in [0.5, 0.6) is 5.75 Å². The molecule has 0 bridgehead atoms. The Bertz CT molecular complexity index is 663. The van der Waals surface area contributed by atoms with Crippen molar-refractivity contribution in [3.8, 4) is 5.75 Å². The molecule has 2 aromatic carbocycles. The molecular formula is C14H8BrF3O2. The van der Waals surface area contributed by atoms with Gasteiger partial charge in [-0.25, -0.2) is 13.2 Å². The van der Waals surface area contributed by atoms with Gasteiger partial charge in [-0.15, -0.1) is 0 Å². The highest BCUT2D eigenvalue weighted by Crippen LogP contribution is 2.27. The molecule has 0 spiro atoms. The molecule has 0 amide bonds. The maximum atomic E-state index is 13.1. The zero-order valence-electron chi connectivity index (χ0n) is 10.2. The molecule has 0 saturated heterocycles. The van der Waals surface area contributed by atoms with Gasteiger partial charge in [0.25, 0.3) is 0 Å². The minimum absolute atomic E-state index is 0.197. The molecule has 0 aliphatic carbocycles. The highest BCUT2D eigenvalue weighted by atomic mass is 79.9. The zero-order chi connectivity index (χ0) is 14.9. The predicted molar refractivity (Wildman–Crippen MR) is 70.4 cm³/mol. The van der Waals surface area contributed by atoms with Crippen molar-refractivity contribution in [2.45, 2.75) is 0 Å². The second-order valence-electron chi connectivity index (χ2n) is 3.93. The number of hydrogen-bond donors (Lipinski definition) is 0. The summed E-state index contributed by atoms with van der Waals surface area (Å²) in [6, 6.07) is 5.77. The fourth-order valence-electron chi connectivity index (χ4n) is 1.66. The van der Waals surface area contributed by atoms with Crippen molar-refractivity contribution in [1.82, 2.24) is 0 Å². The summed E-state index contributed by atoms with van der Waals surface area (Å²) in [5.74, 6) is -4.51. The number of halogens is 4. The molecule has 2 rings (SSSR count). The van der Waals surface area contributed by atoms with E-state index < -0.39 is 23.2 Å². The van der Waals surface area contributed by atoms with Crippen LogP contribution in [-0.2, 0) is 0 Å². The third kappa shape index (κ3) is 2.70. The van der Waals surface area contributed by atoms with E-state index in [4.69, 9.17) is 4.74 Å². The number of hydrogen-bond acceptors (Lipinski definition) is 2. The van der Waals surface area contributed by atoms with E-state index in [1.165, 1.54) is 25.3 Å². The standard InChI is InChI=1S/C14H8BrF3O2/c1-20-12-3-2-7(4-9(12)15)14(19)8-5-10(16)13(18)11(17)6-8/h2-6H,1H3. The minimum Gasteiger partial charge on any atom is -0.496 e. The highest BCUT2D eigenvalue weighted by molar-refractivity contribution is 9.10. The van der Waals surface area contributed by atoms with Crippen molar-refractivity contribution in [3.63, 3.8) is 0 Å². The first-order valence-corrected chi connectivity index (χ1v) is 6.26. The largest absolute Gasteiger partial charge is 0.496 e. The molecule has 20 heavy (non-hydrogen) atoms. The molecule has 0 N–H and O–H groups in total. The van der Waals surface area contributed by atoms with Gasteiger partial charge in [0, 0.05) is 11.1 Å². The van der Waals surface area contributed by atoms with Gasteiger partial charge in [-0.3, -0.25) is 4.79 Å². The van der Waals surface area contributed by atoms with Crippen LogP contribution in [0.25, 0.3) is 0 Å². The van der Waals surface area contributed by atoms with Crippen LogP contribution in [0.3, 0.4) is 0 Å². The van der Waals surface area contributed by atoms with Gasteiger partial charge in [0.05, 0.1) is 11.6 Å². The Morgan fingerprint density at radius 1 is 1.05 bits per heavy atom. The maximum Gasteiger partial charge on any atom is 0.194 e. The number of ether oxygens (including phenoxy) is 1. The third-order valence-corrected chi connectivity index (χ3v) is 3.28. The molecule has 0 aromatic heterocycles. The molecule has 104 valence electrons. The summed E-state index contributed by atoms with van der Waals surface area (Å²) in [5.41, 5.74) is -0.0680. The molecule has 2 aromatic rings. The monoisotopic (exact) mass is 344 g/mol. The highest BCUT2D eigenvalue weighted by Gasteiger charge is 2.17. The predicted octanol–water partition coefficient (Wildman–Crippen LogP) is 4.11. The van der Waals surface area contributed by atoms with E-state index in [9.17, 15) is 18.0 Å². The number of carbonyl (C=O) groups excluding carboxylic acids is 1. The van der Waals surface area contributed by atoms with Crippen molar-refractivity contribution >= 4 is 21.7 Å². The van der Waals surface area contributed by atoms with Crippen LogP contribution < -0.4 is 4.74 Å². The topological polar surface area (TPSA) is 26.3 Å². The lowest BCUT2D eigenvalue weighted by Crippen LogP contribution is -2.05. The first kappa shape index (κ1) is 14.6. The number of methoxy groups -OCH3 is 1. The summed E-state index contributed by atoms with van der Waals surface area (Å²) >= 11 is 3.20. The summed E-state index contributed by atoms with van der Waals surface area (Å²) in [5, 5.41) is 0. The Kier molecular flexibility index (Phi) is 4.13. The Labute approximate surface area is 121 Å². The summed E-state index contributed by atoms with van der Waals surface area (Å²) in [7, 11) is 1.46. The van der Waals surface area contributed by atoms with E-state index in [1.807, 2.05) is 0 Å². The summed E-state index contributed by atoms with van der Waals surface area (Å²) in [6.07, 6.45) is 0. The van der Waals surface area contributed by atoms with Crippen molar-refractivity contribution in [1.29, 1.82) is 0 Å². The fourth-order valence-corrected chi connectivity index (χ4v) is 2.20. The molecular weight excluding hydrogens is 337 g/mol. The Morgan fingerprint density at radius 2 is 1.65 bits per heavy atom. The van der Waals surface area contributed by atoms with Gasteiger partial charge in [-0.2, -0.15) is 0 Å². The maximum absolute atomic E-state index is 13.1. The summed E-state index contributed by atoms with van der Waals surface area (Å²) < 4.78 is 44.6. The van der Waals surface area contributed by atoms with E-state index in [1.54, 1.807) is 0 Å². The zero-order valence-corrected chi connectivity index (χ0v) is 11.8. The molecule has 0 heterocycles. The van der Waals surface area contributed by atoms with Crippen molar-refractivity contribution in [2.75, 3.05) is 7.11 Å². The lowest BCUT2D eigenvalue weighted by atomic mass is 10.0. The smallest absolute Gasteiger partial charge is 0.194 e. The Hall–Kier alpha value is -1.82. The van der Waals surface area contributed by atoms with Gasteiger partial charge in [0.1, 0.15) is 5.75 Å². The summed E-state index contributed by atoms with van der Waals surface area (Å²) in [4.78, 5) is 12.1. The van der Waals surface area contributed by atoms with Crippen LogP contribution >= 0.6 is 15.9 Å². The Morgan fingerprint density at radius 3 is 2.15 bits per heavy atom. The van der Waals surface area contributed by atoms with E-state index in [2.05, 4.69) is 15.9 Å². The first-order valence-electron chi connectivity index (χ1n) is 5.47. The van der Waals surface area contributed by atoms with Crippen LogP contribution in [-0.4, -0.2) is 12.9 Å². The lowest BCUT2D eigenvalue weighted by Gasteiger charge is -2.06. The average Bonchev–Trinajstić information content (AvgIpc) is 2.43. The number of benzene rings is 2. The van der Waals surface area contributed by atoms with Gasteiger partial charge >= 0.3 is 0 Å². The SMILES string of the molecule is COc1ccc(C(=O)c2cc(F)c(F)c(F)c2)cc1Br. The van der Waals surface area contributed by atoms with Crippen molar-refractivity contribution in [3.05, 3.63) is 63.4 Å². The first-order chi connectivity index (χ1) is 9.43. The average molecular weight is 345 g/mol. The van der Waals surface area contributed by atoms with Crippen LogP contribution in [0, 0.1) is 17.5 Å². The van der Waals surface area contributed by atoms with Gasteiger partial charge in [0.15, 0.2) is 23.2 Å². The molecule has 2 nitrogen and oxygen atoms in total. The third-order valence-electron chi connectivity index (χ3n) is 2.66. The van der Waals surface area contributed by atoms with Crippen molar-refractivity contribution in [2.24, 2.45) is 0 Å². The molecule has 0 aliphatic heterocycles. The normalized spacial score (nSPS) is 10.4. The minimum atomic E-state index is -1.60. The number of rotatable bonds is 3. The quantitative estimate of drug-likeness (QED) is 0.618. The molecule has 0 saturated carbocycles. The van der Waals surface area contributed by atoms with Gasteiger partial charge in [-0.05, 0) is 46.3 Å². The fraction of sp³-hybridized carbons (Fsp3) is 0.0714. The van der Waals surface area contributed by atoms with Crippen LogP contribution in [0.1, 0.15) is 15.9 Å². The lowest BCUT2D eigenvalue weighted by molar-refractivity contribution is 0.103. The van der Waals surface area contributed by atoms with Crippen molar-refractivity contribution < 1.29 is 22.7 Å². The van der Waals surface area contributed by atoms with E-state index in [0.717, 1.165) is 0 Å². The number of carbonyl (C=O) groups is 1. The summed E-state index contributed by atoms with van der Waals surface area (Å²) in [6.45, 7) is 0. The van der Waals surface area contributed by atoms with Crippen LogP contribution in [0.4, 0.5) is 13.2 Å². The van der Waals surface area contributed by atoms with Crippen LogP contribution in [0.2, 0.25) is 0 Å². The van der Waals surface area contributed by atoms with Crippen LogP contribution in [0.15, 0.2) is 34.8 Å². The molecule has 0 atom stereocenters.